The van der Waals surface area contributed by atoms with E-state index in [2.05, 4.69) is 10.2 Å². The Morgan fingerprint density at radius 1 is 1.26 bits per heavy atom. The zero-order chi connectivity index (χ0) is 13.2. The predicted octanol–water partition coefficient (Wildman–Crippen LogP) is 3.29. The Morgan fingerprint density at radius 3 is 2.74 bits per heavy atom. The van der Waals surface area contributed by atoms with Gasteiger partial charge in [-0.1, -0.05) is 30.3 Å². The van der Waals surface area contributed by atoms with Gasteiger partial charge in [0.15, 0.2) is 0 Å². The van der Waals surface area contributed by atoms with E-state index in [0.717, 1.165) is 18.6 Å². The first-order valence-corrected chi connectivity index (χ1v) is 6.83. The van der Waals surface area contributed by atoms with E-state index in [1.807, 2.05) is 37.3 Å². The fourth-order valence-electron chi connectivity index (χ4n) is 2.32. The number of benzene rings is 1. The lowest BCUT2D eigenvalue weighted by Gasteiger charge is -2.08. The van der Waals surface area contributed by atoms with E-state index in [0.29, 0.717) is 11.8 Å². The van der Waals surface area contributed by atoms with E-state index >= 15 is 0 Å². The van der Waals surface area contributed by atoms with Crippen LogP contribution in [0.4, 0.5) is 0 Å². The quantitative estimate of drug-likeness (QED) is 0.809. The molecule has 1 saturated heterocycles. The highest BCUT2D eigenvalue weighted by molar-refractivity contribution is 6.22. The number of ether oxygens (including phenoxy) is 1. The van der Waals surface area contributed by atoms with Crippen LogP contribution in [0.2, 0.25) is 0 Å². The summed E-state index contributed by atoms with van der Waals surface area (Å²) in [4.78, 5) is 0. The summed E-state index contributed by atoms with van der Waals surface area (Å²) in [5.41, 5.74) is 0.954. The van der Waals surface area contributed by atoms with Gasteiger partial charge in [-0.3, -0.25) is 0 Å². The Hall–Kier alpha value is -1.39. The maximum Gasteiger partial charge on any atom is 0.238 e. The van der Waals surface area contributed by atoms with Crippen LogP contribution >= 0.6 is 11.6 Å². The highest BCUT2D eigenvalue weighted by Gasteiger charge is 2.31. The third-order valence-corrected chi connectivity index (χ3v) is 3.90. The predicted molar refractivity (Wildman–Crippen MR) is 71.2 cm³/mol. The minimum absolute atomic E-state index is 0.124. The minimum atomic E-state index is -0.403. The number of rotatable bonds is 3. The molecule has 2 aromatic rings. The second kappa shape index (κ2) is 5.31. The van der Waals surface area contributed by atoms with Crippen LogP contribution in [0.15, 0.2) is 34.7 Å². The van der Waals surface area contributed by atoms with Gasteiger partial charge >= 0.3 is 0 Å². The van der Waals surface area contributed by atoms with Crippen molar-refractivity contribution in [3.8, 4) is 0 Å². The van der Waals surface area contributed by atoms with E-state index in [-0.39, 0.29) is 12.0 Å². The Morgan fingerprint density at radius 2 is 2.05 bits per heavy atom. The van der Waals surface area contributed by atoms with Gasteiger partial charge in [-0.15, -0.1) is 21.8 Å². The monoisotopic (exact) mass is 278 g/mol. The lowest BCUT2D eigenvalue weighted by Crippen LogP contribution is -2.09. The van der Waals surface area contributed by atoms with Crippen LogP contribution in [0.1, 0.15) is 42.0 Å². The first kappa shape index (κ1) is 12.6. The summed E-state index contributed by atoms with van der Waals surface area (Å²) in [6.45, 7) is 2.77. The zero-order valence-electron chi connectivity index (χ0n) is 10.6. The largest absolute Gasteiger partial charge is 0.423 e. The smallest absolute Gasteiger partial charge is 0.238 e. The Bertz CT molecular complexity index is 543. The van der Waals surface area contributed by atoms with E-state index in [1.165, 1.54) is 0 Å². The normalized spacial score (nSPS) is 24.5. The molecule has 0 spiro atoms. The Balaban J connectivity index is 1.81. The lowest BCUT2D eigenvalue weighted by atomic mass is 10.0. The van der Waals surface area contributed by atoms with E-state index in [4.69, 9.17) is 20.8 Å². The van der Waals surface area contributed by atoms with Crippen molar-refractivity contribution in [3.05, 3.63) is 47.7 Å². The first-order valence-electron chi connectivity index (χ1n) is 6.39. The van der Waals surface area contributed by atoms with Gasteiger partial charge in [0, 0.05) is 6.61 Å². The molecule has 0 radical (unpaired) electrons. The van der Waals surface area contributed by atoms with Gasteiger partial charge in [0.2, 0.25) is 11.8 Å². The summed E-state index contributed by atoms with van der Waals surface area (Å²) in [6, 6.07) is 9.72. The molecule has 0 bridgehead atoms. The van der Waals surface area contributed by atoms with Gasteiger partial charge in [0.25, 0.3) is 0 Å². The molecule has 0 saturated carbocycles. The number of aromatic nitrogens is 2. The van der Waals surface area contributed by atoms with Crippen molar-refractivity contribution in [2.45, 2.75) is 30.7 Å². The average Bonchev–Trinajstić information content (AvgIpc) is 3.07. The number of halogens is 1. The van der Waals surface area contributed by atoms with E-state index < -0.39 is 5.38 Å². The van der Waals surface area contributed by atoms with Gasteiger partial charge in [-0.25, -0.2) is 0 Å². The molecule has 2 heterocycles. The number of hydrogen-bond acceptors (Lipinski definition) is 4. The van der Waals surface area contributed by atoms with Crippen molar-refractivity contribution in [3.63, 3.8) is 0 Å². The molecular weight excluding hydrogens is 264 g/mol. The molecule has 0 aliphatic carbocycles. The molecule has 0 N–H and O–H groups in total. The molecule has 3 rings (SSSR count). The summed E-state index contributed by atoms with van der Waals surface area (Å²) in [5.74, 6) is 1.25. The van der Waals surface area contributed by atoms with Gasteiger partial charge in [-0.2, -0.15) is 0 Å². The van der Waals surface area contributed by atoms with Crippen LogP contribution in [0, 0.1) is 0 Å². The molecule has 100 valence electrons. The van der Waals surface area contributed by atoms with Crippen LogP contribution in [0.3, 0.4) is 0 Å². The molecule has 3 unspecified atom stereocenters. The van der Waals surface area contributed by atoms with E-state index in [9.17, 15) is 0 Å². The van der Waals surface area contributed by atoms with Crippen molar-refractivity contribution in [1.29, 1.82) is 0 Å². The fraction of sp³-hybridized carbons (Fsp3) is 0.429. The molecule has 19 heavy (non-hydrogen) atoms. The standard InChI is InChI=1S/C14H15ClN2O2/c1-9-11(7-8-18-9)13-16-17-14(19-13)12(15)10-5-3-2-4-6-10/h2-6,9,11-12H,7-8H2,1H3. The zero-order valence-corrected chi connectivity index (χ0v) is 11.4. The van der Waals surface area contributed by atoms with Crippen molar-refractivity contribution in [1.82, 2.24) is 10.2 Å². The highest BCUT2D eigenvalue weighted by atomic mass is 35.5. The van der Waals surface area contributed by atoms with Crippen LogP contribution in [-0.4, -0.2) is 22.9 Å². The second-order valence-corrected chi connectivity index (χ2v) is 5.16. The molecular formula is C14H15ClN2O2. The summed E-state index contributed by atoms with van der Waals surface area (Å²) in [6.07, 6.45) is 1.04. The average molecular weight is 279 g/mol. The molecule has 1 aromatic heterocycles. The van der Waals surface area contributed by atoms with Crippen molar-refractivity contribution in [2.24, 2.45) is 0 Å². The first-order chi connectivity index (χ1) is 9.25. The molecule has 1 aliphatic heterocycles. The van der Waals surface area contributed by atoms with Gasteiger partial charge in [0.1, 0.15) is 5.38 Å². The minimum Gasteiger partial charge on any atom is -0.423 e. The Kier molecular flexibility index (Phi) is 3.53. The molecule has 1 aromatic carbocycles. The number of alkyl halides is 1. The van der Waals surface area contributed by atoms with Gasteiger partial charge in [-0.05, 0) is 18.9 Å². The van der Waals surface area contributed by atoms with Crippen LogP contribution in [0.5, 0.6) is 0 Å². The number of nitrogens with zero attached hydrogens (tertiary/aromatic N) is 2. The summed E-state index contributed by atoms with van der Waals surface area (Å²) in [5, 5.41) is 7.78. The number of hydrogen-bond donors (Lipinski definition) is 0. The van der Waals surface area contributed by atoms with Crippen molar-refractivity contribution in [2.75, 3.05) is 6.61 Å². The molecule has 1 fully saturated rings. The van der Waals surface area contributed by atoms with Crippen molar-refractivity contribution < 1.29 is 9.15 Å². The van der Waals surface area contributed by atoms with Crippen LogP contribution in [0.25, 0.3) is 0 Å². The third-order valence-electron chi connectivity index (χ3n) is 3.46. The van der Waals surface area contributed by atoms with Crippen LogP contribution < -0.4 is 0 Å². The SMILES string of the molecule is CC1OCCC1c1nnc(C(Cl)c2ccccc2)o1. The van der Waals surface area contributed by atoms with Crippen LogP contribution in [-0.2, 0) is 4.74 Å². The van der Waals surface area contributed by atoms with Gasteiger partial charge in [0.05, 0.1) is 12.0 Å². The topological polar surface area (TPSA) is 48.2 Å². The molecule has 3 atom stereocenters. The lowest BCUT2D eigenvalue weighted by molar-refractivity contribution is 0.114. The third kappa shape index (κ3) is 2.51. The summed E-state index contributed by atoms with van der Waals surface area (Å²) in [7, 11) is 0. The summed E-state index contributed by atoms with van der Waals surface area (Å²) >= 11 is 6.36. The summed E-state index contributed by atoms with van der Waals surface area (Å²) < 4.78 is 11.2. The molecule has 0 amide bonds. The van der Waals surface area contributed by atoms with Crippen molar-refractivity contribution >= 4 is 11.6 Å². The second-order valence-electron chi connectivity index (χ2n) is 4.72. The molecule has 4 nitrogen and oxygen atoms in total. The van der Waals surface area contributed by atoms with Gasteiger partial charge < -0.3 is 9.15 Å². The fourth-order valence-corrected chi connectivity index (χ4v) is 2.55. The maximum atomic E-state index is 6.36. The Labute approximate surface area is 116 Å². The highest BCUT2D eigenvalue weighted by Crippen LogP contribution is 2.33. The van der Waals surface area contributed by atoms with E-state index in [1.54, 1.807) is 0 Å². The molecule has 5 heteroatoms. The molecule has 1 aliphatic rings. The maximum absolute atomic E-state index is 6.36.